The van der Waals surface area contributed by atoms with Gasteiger partial charge < -0.3 is 0 Å². The first-order chi connectivity index (χ1) is 12.2. The van der Waals surface area contributed by atoms with Gasteiger partial charge in [0.2, 0.25) is 0 Å². The number of hydrogen-bond donors (Lipinski definition) is 0. The molecule has 0 spiro atoms. The molecule has 0 heterocycles. The average molecular weight is 380 g/mol. The molecule has 1 aliphatic rings. The van der Waals surface area contributed by atoms with Crippen LogP contribution in [0.2, 0.25) is 0 Å². The van der Waals surface area contributed by atoms with Gasteiger partial charge in [0, 0.05) is 0 Å². The van der Waals surface area contributed by atoms with Crippen LogP contribution in [0, 0.1) is 0 Å². The van der Waals surface area contributed by atoms with Crippen LogP contribution in [0.5, 0.6) is 0 Å². The van der Waals surface area contributed by atoms with E-state index >= 15 is 0 Å². The van der Waals surface area contributed by atoms with E-state index in [-0.39, 0.29) is 4.68 Å². The number of benzene rings is 1. The van der Waals surface area contributed by atoms with Crippen molar-refractivity contribution < 1.29 is 34.1 Å². The van der Waals surface area contributed by atoms with Gasteiger partial charge in [-0.1, -0.05) is 0 Å². The second-order valence-electron chi connectivity index (χ2n) is 4.68. The van der Waals surface area contributed by atoms with Crippen molar-refractivity contribution in [1.29, 1.82) is 0 Å². The molecular weight excluding hydrogens is 360 g/mol. The third kappa shape index (κ3) is 9.08. The SMILES string of the molecule is CCCc1ccc(CC)c([C](=O)[Fe][C]2=CC=CC2)c1.[C]=O.[C]=O.[C]=O. The Hall–Kier alpha value is -2.10. The smallest absolute Gasteiger partial charge is 0.281 e. The summed E-state index contributed by atoms with van der Waals surface area (Å²) in [5, 5.41) is 0. The Bertz CT molecular complexity index is 574. The predicted molar refractivity (Wildman–Crippen MR) is 93.1 cm³/mol. The summed E-state index contributed by atoms with van der Waals surface area (Å²) in [5.41, 5.74) is 3.39. The van der Waals surface area contributed by atoms with Gasteiger partial charge >= 0.3 is 122 Å². The first-order valence-corrected chi connectivity index (χ1v) is 8.60. The first kappa shape index (κ1) is 25.1. The van der Waals surface area contributed by atoms with Crippen molar-refractivity contribution in [2.24, 2.45) is 0 Å². The second kappa shape index (κ2) is 16.7. The average Bonchev–Trinajstić information content (AvgIpc) is 3.20. The fourth-order valence-electron chi connectivity index (χ4n) is 2.19. The van der Waals surface area contributed by atoms with Gasteiger partial charge in [0.1, 0.15) is 0 Å². The maximum absolute atomic E-state index is 12.5. The zero-order valence-corrected chi connectivity index (χ0v) is 15.4. The minimum absolute atomic E-state index is 0.268. The third-order valence-corrected chi connectivity index (χ3v) is 4.52. The molecule has 0 fully saturated rings. The van der Waals surface area contributed by atoms with Crippen LogP contribution in [0.3, 0.4) is 0 Å². The minimum atomic E-state index is 0.268. The van der Waals surface area contributed by atoms with Crippen molar-refractivity contribution in [3.05, 3.63) is 57.6 Å². The van der Waals surface area contributed by atoms with Crippen molar-refractivity contribution in [3.8, 4) is 0 Å². The van der Waals surface area contributed by atoms with E-state index in [4.69, 9.17) is 14.4 Å². The summed E-state index contributed by atoms with van der Waals surface area (Å²) in [5.74, 6) is 0. The normalized spacial score (nSPS) is 11.0. The molecule has 0 saturated heterocycles. The number of carbonyl (C=O) groups excluding carboxylic acids is 4. The maximum Gasteiger partial charge on any atom is 0.281 e. The maximum atomic E-state index is 12.5. The Kier molecular flexibility index (Phi) is 16.8. The molecule has 1 aromatic carbocycles. The molecule has 0 aromatic heterocycles. The standard InChI is InChI=1S/C12H15O.C5H5.3CO.Fe/c1-3-5-10-6-7-11(4-2)12(8-10)9-13;1-2-4-5-3-1;3*1-2;/h6-8H,3-5H2,1-2H3;1-3H,4H2;;;;. The number of carbonyl (C=O) groups is 1. The van der Waals surface area contributed by atoms with Crippen LogP contribution < -0.4 is 0 Å². The molecule has 0 saturated carbocycles. The van der Waals surface area contributed by atoms with E-state index in [1.165, 1.54) is 15.6 Å². The largest absolute Gasteiger partial charge is 0.281 e. The van der Waals surface area contributed by atoms with E-state index in [9.17, 15) is 4.79 Å². The fourth-order valence-corrected chi connectivity index (χ4v) is 3.35. The van der Waals surface area contributed by atoms with Gasteiger partial charge in [-0.15, -0.1) is 0 Å². The van der Waals surface area contributed by atoms with Gasteiger partial charge in [0.25, 0.3) is 20.4 Å². The summed E-state index contributed by atoms with van der Waals surface area (Å²) in [6.07, 6.45) is 10.2. The third-order valence-electron chi connectivity index (χ3n) is 3.21. The Morgan fingerprint density at radius 1 is 1.08 bits per heavy atom. The molecule has 0 unspecified atom stereocenters. The zero-order valence-electron chi connectivity index (χ0n) is 14.3. The number of allylic oxidation sites excluding steroid dienone is 4. The Labute approximate surface area is 156 Å². The van der Waals surface area contributed by atoms with Crippen LogP contribution in [0.4, 0.5) is 0 Å². The van der Waals surface area contributed by atoms with E-state index in [0.29, 0.717) is 15.0 Å². The van der Waals surface area contributed by atoms with E-state index < -0.39 is 0 Å². The van der Waals surface area contributed by atoms with Crippen molar-refractivity contribution in [2.75, 3.05) is 0 Å². The van der Waals surface area contributed by atoms with Crippen molar-refractivity contribution in [2.45, 2.75) is 39.5 Å². The summed E-state index contributed by atoms with van der Waals surface area (Å²) in [6, 6.07) is 6.39. The molecule has 5 heteroatoms. The minimum Gasteiger partial charge on any atom is -0.281 e. The Morgan fingerprint density at radius 2 is 1.72 bits per heavy atom. The molecule has 6 radical (unpaired) electrons. The molecule has 0 aliphatic heterocycles. The van der Waals surface area contributed by atoms with E-state index in [0.717, 1.165) is 31.2 Å². The van der Waals surface area contributed by atoms with Crippen LogP contribution in [-0.4, -0.2) is 25.0 Å². The molecule has 25 heavy (non-hydrogen) atoms. The van der Waals surface area contributed by atoms with Gasteiger partial charge in [-0.05, 0) is 0 Å². The van der Waals surface area contributed by atoms with E-state index in [1.807, 2.05) is 6.08 Å². The quantitative estimate of drug-likeness (QED) is 0.712. The molecule has 0 N–H and O–H groups in total. The Balaban J connectivity index is 0. The van der Waals surface area contributed by atoms with Crippen LogP contribution in [0.15, 0.2) is 40.9 Å². The van der Waals surface area contributed by atoms with Crippen LogP contribution in [0.1, 0.15) is 48.2 Å². The van der Waals surface area contributed by atoms with Crippen molar-refractivity contribution in [1.82, 2.24) is 0 Å². The van der Waals surface area contributed by atoms with E-state index in [2.05, 4.69) is 64.6 Å². The summed E-state index contributed by atoms with van der Waals surface area (Å²) >= 11 is 0.565. The number of hydrogen-bond acceptors (Lipinski definition) is 4. The molecule has 0 atom stereocenters. The molecule has 4 nitrogen and oxygen atoms in total. The van der Waals surface area contributed by atoms with Gasteiger partial charge in [-0.25, -0.2) is 0 Å². The summed E-state index contributed by atoms with van der Waals surface area (Å²) in [6.45, 7) is 17.8. The summed E-state index contributed by atoms with van der Waals surface area (Å²) in [7, 11) is 0. The molecule has 2 rings (SSSR count). The second-order valence-corrected chi connectivity index (χ2v) is 6.16. The number of rotatable bonds is 6. The summed E-state index contributed by atoms with van der Waals surface area (Å²) < 4.78 is 1.50. The number of aryl methyl sites for hydroxylation is 2. The Morgan fingerprint density at radius 3 is 2.20 bits per heavy atom. The van der Waals surface area contributed by atoms with E-state index in [1.54, 1.807) is 0 Å². The predicted octanol–water partition coefficient (Wildman–Crippen LogP) is 3.08. The molecule has 132 valence electrons. The van der Waals surface area contributed by atoms with Crippen molar-refractivity contribution >= 4 is 25.0 Å². The van der Waals surface area contributed by atoms with Gasteiger partial charge in [0.15, 0.2) is 0 Å². The van der Waals surface area contributed by atoms with Crippen molar-refractivity contribution in [3.63, 3.8) is 0 Å². The molecule has 1 aliphatic carbocycles. The first-order valence-electron chi connectivity index (χ1n) is 7.50. The molecule has 0 amide bonds. The summed E-state index contributed by atoms with van der Waals surface area (Å²) in [4.78, 5) is 35.0. The molecule has 1 aromatic rings. The van der Waals surface area contributed by atoms with Gasteiger partial charge in [0.05, 0.1) is 0 Å². The zero-order chi connectivity index (χ0) is 19.7. The van der Waals surface area contributed by atoms with Crippen LogP contribution >= 0.6 is 0 Å². The fraction of sp³-hybridized carbons (Fsp3) is 0.300. The molecule has 0 bridgehead atoms. The monoisotopic (exact) mass is 380 g/mol. The van der Waals surface area contributed by atoms with Crippen LogP contribution in [0.25, 0.3) is 0 Å². The van der Waals surface area contributed by atoms with Gasteiger partial charge in [-0.2, -0.15) is 0 Å². The topological polar surface area (TPSA) is 68.3 Å². The van der Waals surface area contributed by atoms with Crippen LogP contribution in [-0.2, 0) is 42.2 Å². The molecular formula is C20H20FeO4. The van der Waals surface area contributed by atoms with Gasteiger partial charge in [-0.3, -0.25) is 14.4 Å².